The van der Waals surface area contributed by atoms with Crippen molar-refractivity contribution in [2.45, 2.75) is 32.7 Å². The van der Waals surface area contributed by atoms with Gasteiger partial charge in [-0.3, -0.25) is 14.9 Å². The lowest BCUT2D eigenvalue weighted by atomic mass is 9.79. The van der Waals surface area contributed by atoms with E-state index in [4.69, 9.17) is 0 Å². The average molecular weight is 370 g/mol. The first-order valence-electron chi connectivity index (χ1n) is 8.58. The van der Waals surface area contributed by atoms with Crippen molar-refractivity contribution in [1.82, 2.24) is 30.9 Å². The monoisotopic (exact) mass is 370 g/mol. The van der Waals surface area contributed by atoms with E-state index in [1.165, 1.54) is 11.0 Å². The SMILES string of the molecule is CC(C)(C)CC1(CNC(=O)c2cnn(-c3ccccc3)n2)NC(=O)NC1=O. The maximum atomic E-state index is 12.5. The Balaban J connectivity index is 1.73. The zero-order valence-corrected chi connectivity index (χ0v) is 15.4. The summed E-state index contributed by atoms with van der Waals surface area (Å²) in [5.41, 5.74) is -0.589. The Hall–Kier alpha value is -3.23. The molecule has 1 aliphatic rings. The molecule has 142 valence electrons. The molecule has 1 aromatic carbocycles. The molecular weight excluding hydrogens is 348 g/mol. The second-order valence-electron chi connectivity index (χ2n) is 7.77. The predicted octanol–water partition coefficient (Wildman–Crippen LogP) is 1.01. The summed E-state index contributed by atoms with van der Waals surface area (Å²) in [5, 5.41) is 15.8. The standard InChI is InChI=1S/C18H22N6O3/c1-17(2,3)10-18(15(26)21-16(27)22-18)11-19-14(25)13-9-20-24(23-13)12-7-5-4-6-8-12/h4-9H,10-11H2,1-3H3,(H,19,25)(H2,21,22,26,27). The van der Waals surface area contributed by atoms with Crippen molar-refractivity contribution in [2.24, 2.45) is 5.41 Å². The van der Waals surface area contributed by atoms with Gasteiger partial charge in [0.1, 0.15) is 5.54 Å². The molecule has 27 heavy (non-hydrogen) atoms. The van der Waals surface area contributed by atoms with E-state index in [1.807, 2.05) is 51.1 Å². The van der Waals surface area contributed by atoms with Crippen LogP contribution in [0.1, 0.15) is 37.7 Å². The van der Waals surface area contributed by atoms with E-state index in [1.54, 1.807) is 0 Å². The average Bonchev–Trinajstić information content (AvgIpc) is 3.18. The van der Waals surface area contributed by atoms with E-state index < -0.39 is 23.4 Å². The predicted molar refractivity (Wildman–Crippen MR) is 97.2 cm³/mol. The lowest BCUT2D eigenvalue weighted by Gasteiger charge is -2.32. The number of benzene rings is 1. The van der Waals surface area contributed by atoms with Crippen molar-refractivity contribution in [3.05, 3.63) is 42.2 Å². The fourth-order valence-corrected chi connectivity index (χ4v) is 3.12. The largest absolute Gasteiger partial charge is 0.348 e. The maximum absolute atomic E-state index is 12.5. The topological polar surface area (TPSA) is 118 Å². The molecule has 0 spiro atoms. The van der Waals surface area contributed by atoms with Crippen LogP contribution in [0, 0.1) is 5.41 Å². The van der Waals surface area contributed by atoms with Crippen molar-refractivity contribution in [1.29, 1.82) is 0 Å². The lowest BCUT2D eigenvalue weighted by molar-refractivity contribution is -0.124. The highest BCUT2D eigenvalue weighted by atomic mass is 16.2. The molecule has 1 atom stereocenters. The first-order valence-corrected chi connectivity index (χ1v) is 8.58. The molecule has 1 aliphatic heterocycles. The summed E-state index contributed by atoms with van der Waals surface area (Å²) < 4.78 is 0. The van der Waals surface area contributed by atoms with Crippen LogP contribution in [0.2, 0.25) is 0 Å². The molecule has 9 heteroatoms. The number of para-hydroxylation sites is 1. The van der Waals surface area contributed by atoms with E-state index >= 15 is 0 Å². The molecule has 0 aliphatic carbocycles. The van der Waals surface area contributed by atoms with Gasteiger partial charge in [0.05, 0.1) is 18.4 Å². The van der Waals surface area contributed by atoms with Gasteiger partial charge in [-0.2, -0.15) is 9.90 Å². The molecular formula is C18H22N6O3. The fourth-order valence-electron chi connectivity index (χ4n) is 3.12. The number of aromatic nitrogens is 3. The number of hydrogen-bond acceptors (Lipinski definition) is 5. The molecule has 9 nitrogen and oxygen atoms in total. The zero-order valence-electron chi connectivity index (χ0n) is 15.4. The van der Waals surface area contributed by atoms with Crippen molar-refractivity contribution >= 4 is 17.8 Å². The van der Waals surface area contributed by atoms with Crippen LogP contribution in [0.3, 0.4) is 0 Å². The number of rotatable bonds is 5. The normalized spacial score (nSPS) is 19.5. The van der Waals surface area contributed by atoms with Crippen molar-refractivity contribution in [3.8, 4) is 5.69 Å². The number of carbonyl (C=O) groups is 3. The number of amides is 4. The molecule has 1 fully saturated rings. The third kappa shape index (κ3) is 4.13. The molecule has 3 N–H and O–H groups in total. The van der Waals surface area contributed by atoms with E-state index in [2.05, 4.69) is 26.1 Å². The summed E-state index contributed by atoms with van der Waals surface area (Å²) in [7, 11) is 0. The Morgan fingerprint density at radius 3 is 2.52 bits per heavy atom. The summed E-state index contributed by atoms with van der Waals surface area (Å²) in [6.45, 7) is 5.83. The van der Waals surface area contributed by atoms with Gasteiger partial charge in [-0.1, -0.05) is 39.0 Å². The minimum atomic E-state index is -1.19. The van der Waals surface area contributed by atoms with Gasteiger partial charge in [-0.05, 0) is 24.0 Å². The van der Waals surface area contributed by atoms with Crippen molar-refractivity contribution in [2.75, 3.05) is 6.54 Å². The molecule has 4 amide bonds. The van der Waals surface area contributed by atoms with E-state index in [0.717, 1.165) is 5.69 Å². The Bertz CT molecular complexity index is 871. The van der Waals surface area contributed by atoms with Crippen molar-refractivity contribution in [3.63, 3.8) is 0 Å². The number of imide groups is 1. The molecule has 1 aromatic heterocycles. The Labute approximate surface area is 156 Å². The molecule has 2 aromatic rings. The molecule has 0 radical (unpaired) electrons. The van der Waals surface area contributed by atoms with Gasteiger partial charge in [0.2, 0.25) is 0 Å². The van der Waals surface area contributed by atoms with E-state index in [9.17, 15) is 14.4 Å². The van der Waals surface area contributed by atoms with Crippen LogP contribution in [0.5, 0.6) is 0 Å². The Morgan fingerprint density at radius 1 is 1.22 bits per heavy atom. The molecule has 1 unspecified atom stereocenters. The molecule has 0 bridgehead atoms. The summed E-state index contributed by atoms with van der Waals surface area (Å²) in [6, 6.07) is 8.63. The van der Waals surface area contributed by atoms with Gasteiger partial charge in [0, 0.05) is 0 Å². The zero-order chi connectivity index (χ0) is 19.7. The summed E-state index contributed by atoms with van der Waals surface area (Å²) >= 11 is 0. The second-order valence-corrected chi connectivity index (χ2v) is 7.77. The van der Waals surface area contributed by atoms with Gasteiger partial charge in [-0.25, -0.2) is 4.79 Å². The molecule has 2 heterocycles. The first kappa shape index (κ1) is 18.6. The molecule has 1 saturated heterocycles. The number of urea groups is 1. The highest BCUT2D eigenvalue weighted by Crippen LogP contribution is 2.29. The third-order valence-electron chi connectivity index (χ3n) is 4.11. The second kappa shape index (κ2) is 6.82. The summed E-state index contributed by atoms with van der Waals surface area (Å²) in [4.78, 5) is 37.8. The van der Waals surface area contributed by atoms with Crippen molar-refractivity contribution < 1.29 is 14.4 Å². The van der Waals surface area contributed by atoms with Crippen LogP contribution in [0.25, 0.3) is 5.69 Å². The fraction of sp³-hybridized carbons (Fsp3) is 0.389. The Morgan fingerprint density at radius 2 is 1.93 bits per heavy atom. The van der Waals surface area contributed by atoms with Crippen LogP contribution in [0.4, 0.5) is 4.79 Å². The van der Waals surface area contributed by atoms with E-state index in [-0.39, 0.29) is 17.7 Å². The molecule has 0 saturated carbocycles. The minimum absolute atomic E-state index is 0.0428. The van der Waals surface area contributed by atoms with Gasteiger partial charge >= 0.3 is 6.03 Å². The smallest absolute Gasteiger partial charge is 0.322 e. The summed E-state index contributed by atoms with van der Waals surface area (Å²) in [5.74, 6) is -0.921. The number of hydrogen-bond donors (Lipinski definition) is 3. The number of nitrogens with one attached hydrogen (secondary N) is 3. The molecule has 3 rings (SSSR count). The van der Waals surface area contributed by atoms with Crippen LogP contribution < -0.4 is 16.0 Å². The van der Waals surface area contributed by atoms with Gasteiger partial charge < -0.3 is 10.6 Å². The van der Waals surface area contributed by atoms with Gasteiger partial charge in [0.15, 0.2) is 5.69 Å². The third-order valence-corrected chi connectivity index (χ3v) is 4.11. The first-order chi connectivity index (χ1) is 12.7. The quantitative estimate of drug-likeness (QED) is 0.679. The van der Waals surface area contributed by atoms with Crippen LogP contribution >= 0.6 is 0 Å². The Kier molecular flexibility index (Phi) is 4.69. The number of nitrogens with zero attached hydrogens (tertiary/aromatic N) is 3. The summed E-state index contributed by atoms with van der Waals surface area (Å²) in [6.07, 6.45) is 1.72. The van der Waals surface area contributed by atoms with Crippen LogP contribution in [-0.4, -0.2) is 44.9 Å². The highest BCUT2D eigenvalue weighted by molar-refractivity contribution is 6.07. The minimum Gasteiger partial charge on any atom is -0.348 e. The maximum Gasteiger partial charge on any atom is 0.322 e. The van der Waals surface area contributed by atoms with Crippen LogP contribution in [0.15, 0.2) is 36.5 Å². The van der Waals surface area contributed by atoms with Gasteiger partial charge in [-0.15, -0.1) is 5.10 Å². The lowest BCUT2D eigenvalue weighted by Crippen LogP contribution is -2.57. The van der Waals surface area contributed by atoms with Gasteiger partial charge in [0.25, 0.3) is 11.8 Å². The van der Waals surface area contributed by atoms with E-state index in [0.29, 0.717) is 6.42 Å². The highest BCUT2D eigenvalue weighted by Gasteiger charge is 2.48. The van der Waals surface area contributed by atoms with Crippen LogP contribution in [-0.2, 0) is 4.79 Å². The number of carbonyl (C=O) groups excluding carboxylic acids is 3.